The summed E-state index contributed by atoms with van der Waals surface area (Å²) in [5.41, 5.74) is 4.92. The van der Waals surface area contributed by atoms with Crippen LogP contribution in [-0.2, 0) is 9.53 Å². The van der Waals surface area contributed by atoms with Gasteiger partial charge in [0, 0.05) is 0 Å². The van der Waals surface area contributed by atoms with Gasteiger partial charge in [0.05, 0.1) is 0 Å². The Bertz CT molecular complexity index is 451. The Balaban J connectivity index is 2.75. The molecule has 0 unspecified atom stereocenters. The lowest BCUT2D eigenvalue weighted by molar-refractivity contribution is -0.126. The molecular weight excluding hydrogens is 302 g/mol. The van der Waals surface area contributed by atoms with Crippen molar-refractivity contribution in [3.63, 3.8) is 0 Å². The third kappa shape index (κ3) is 4.33. The maximum atomic E-state index is 11.9. The summed E-state index contributed by atoms with van der Waals surface area (Å²) in [5, 5.41) is 2.56. The van der Waals surface area contributed by atoms with E-state index >= 15 is 0 Å². The molecule has 1 aromatic rings. The number of halogens is 1. The van der Waals surface area contributed by atoms with Crippen molar-refractivity contribution < 1.29 is 14.3 Å². The smallest absolute Gasteiger partial charge is 0.405 e. The molecule has 0 aliphatic rings. The molecule has 1 rings (SSSR count). The Labute approximate surface area is 113 Å². The molecule has 0 saturated carbocycles. The number of anilines is 1. The van der Waals surface area contributed by atoms with Crippen LogP contribution in [0, 0.1) is 5.92 Å². The second kappa shape index (κ2) is 6.34. The van der Waals surface area contributed by atoms with Gasteiger partial charge in [0.25, 0.3) is 5.91 Å². The van der Waals surface area contributed by atoms with Crippen LogP contribution in [0.2, 0.25) is 0 Å². The fraction of sp³-hybridized carbons (Fsp3) is 0.364. The Morgan fingerprint density at radius 2 is 2.11 bits per heavy atom. The molecule has 2 amide bonds. The van der Waals surface area contributed by atoms with Gasteiger partial charge in [-0.05, 0) is 34.0 Å². The third-order valence-corrected chi connectivity index (χ3v) is 2.52. The third-order valence-electron chi connectivity index (χ3n) is 2.07. The van der Waals surface area contributed by atoms with Crippen LogP contribution < -0.4 is 11.1 Å². The maximum Gasteiger partial charge on any atom is 0.405 e. The summed E-state index contributed by atoms with van der Waals surface area (Å²) in [6.07, 6.45) is -1.92. The summed E-state index contributed by atoms with van der Waals surface area (Å²) >= 11 is 3.19. The van der Waals surface area contributed by atoms with Crippen LogP contribution in [0.3, 0.4) is 0 Å². The minimum Gasteiger partial charge on any atom is -0.436 e. The van der Waals surface area contributed by atoms with E-state index in [-0.39, 0.29) is 5.92 Å². The maximum absolute atomic E-state index is 11.9. The zero-order valence-electron chi connectivity index (χ0n) is 10.0. The molecule has 1 heterocycles. The molecule has 7 heteroatoms. The zero-order chi connectivity index (χ0) is 13.7. The van der Waals surface area contributed by atoms with Crippen LogP contribution in [0.15, 0.2) is 22.8 Å². The number of rotatable bonds is 4. The van der Waals surface area contributed by atoms with E-state index in [1.807, 2.05) is 0 Å². The number of nitrogens with zero attached hydrogens (tertiary/aromatic N) is 1. The number of pyridine rings is 1. The largest absolute Gasteiger partial charge is 0.436 e. The zero-order valence-corrected chi connectivity index (χ0v) is 11.6. The molecule has 0 radical (unpaired) electrons. The normalized spacial score (nSPS) is 12.0. The van der Waals surface area contributed by atoms with E-state index in [1.165, 1.54) is 0 Å². The lowest BCUT2D eigenvalue weighted by atomic mass is 10.1. The summed E-state index contributed by atoms with van der Waals surface area (Å²) in [5.74, 6) is -0.285. The first-order chi connectivity index (χ1) is 8.40. The van der Waals surface area contributed by atoms with Gasteiger partial charge in [-0.15, -0.1) is 0 Å². The van der Waals surface area contributed by atoms with Crippen molar-refractivity contribution in [3.8, 4) is 0 Å². The van der Waals surface area contributed by atoms with Crippen molar-refractivity contribution >= 4 is 33.7 Å². The number of amides is 2. The average Bonchev–Trinajstić information content (AvgIpc) is 2.25. The molecule has 0 aromatic carbocycles. The second-order valence-electron chi connectivity index (χ2n) is 3.94. The first-order valence-corrected chi connectivity index (χ1v) is 6.09. The van der Waals surface area contributed by atoms with Gasteiger partial charge in [-0.1, -0.05) is 19.9 Å². The standard InChI is InChI=1S/C11H14BrN3O3/c1-6(2)9(18-11(13)17)10(16)15-8-5-3-4-7(12)14-8/h3-6,9H,1-2H3,(H2,13,17)(H,14,15,16)/t9-/m1/s1. The lowest BCUT2D eigenvalue weighted by Crippen LogP contribution is -2.38. The van der Waals surface area contributed by atoms with Gasteiger partial charge in [-0.3, -0.25) is 4.79 Å². The topological polar surface area (TPSA) is 94.3 Å². The highest BCUT2D eigenvalue weighted by Crippen LogP contribution is 2.13. The summed E-state index contributed by atoms with van der Waals surface area (Å²) in [6, 6.07) is 5.09. The Hall–Kier alpha value is -1.63. The number of ether oxygens (including phenoxy) is 1. The first kappa shape index (κ1) is 14.4. The van der Waals surface area contributed by atoms with Crippen molar-refractivity contribution in [3.05, 3.63) is 22.8 Å². The molecule has 0 spiro atoms. The summed E-state index contributed by atoms with van der Waals surface area (Å²) in [7, 11) is 0. The van der Waals surface area contributed by atoms with E-state index < -0.39 is 18.1 Å². The van der Waals surface area contributed by atoms with Gasteiger partial charge in [-0.2, -0.15) is 0 Å². The molecule has 0 aliphatic carbocycles. The van der Waals surface area contributed by atoms with Gasteiger partial charge in [-0.25, -0.2) is 9.78 Å². The minimum atomic E-state index is -0.981. The van der Waals surface area contributed by atoms with Gasteiger partial charge >= 0.3 is 6.09 Å². The number of hydrogen-bond donors (Lipinski definition) is 2. The van der Waals surface area contributed by atoms with Crippen LogP contribution in [0.25, 0.3) is 0 Å². The number of carbonyl (C=O) groups is 2. The van der Waals surface area contributed by atoms with Gasteiger partial charge in [0.1, 0.15) is 10.4 Å². The number of nitrogens with two attached hydrogens (primary N) is 1. The van der Waals surface area contributed by atoms with Crippen LogP contribution in [0.5, 0.6) is 0 Å². The molecule has 6 nitrogen and oxygen atoms in total. The molecular formula is C11H14BrN3O3. The Morgan fingerprint density at radius 3 is 2.61 bits per heavy atom. The SMILES string of the molecule is CC(C)[C@@H](OC(N)=O)C(=O)Nc1cccc(Br)n1. The van der Waals surface area contributed by atoms with Gasteiger partial charge in [0.15, 0.2) is 6.10 Å². The van der Waals surface area contributed by atoms with E-state index in [0.29, 0.717) is 10.4 Å². The van der Waals surface area contributed by atoms with E-state index in [1.54, 1.807) is 32.0 Å². The second-order valence-corrected chi connectivity index (χ2v) is 4.75. The number of primary amides is 1. The van der Waals surface area contributed by atoms with Crippen LogP contribution in [-0.4, -0.2) is 23.1 Å². The molecule has 1 aromatic heterocycles. The molecule has 98 valence electrons. The number of carbonyl (C=O) groups excluding carboxylic acids is 2. The van der Waals surface area contributed by atoms with E-state index in [2.05, 4.69) is 26.2 Å². The number of hydrogen-bond acceptors (Lipinski definition) is 4. The Morgan fingerprint density at radius 1 is 1.44 bits per heavy atom. The minimum absolute atomic E-state index is 0.190. The number of aromatic nitrogens is 1. The summed E-state index contributed by atoms with van der Waals surface area (Å²) in [6.45, 7) is 3.50. The highest BCUT2D eigenvalue weighted by Gasteiger charge is 2.25. The highest BCUT2D eigenvalue weighted by atomic mass is 79.9. The molecule has 1 atom stereocenters. The highest BCUT2D eigenvalue weighted by molar-refractivity contribution is 9.10. The van der Waals surface area contributed by atoms with Crippen molar-refractivity contribution in [2.45, 2.75) is 20.0 Å². The van der Waals surface area contributed by atoms with Crippen molar-refractivity contribution in [1.29, 1.82) is 0 Å². The van der Waals surface area contributed by atoms with E-state index in [9.17, 15) is 9.59 Å². The molecule has 0 fully saturated rings. The van der Waals surface area contributed by atoms with Gasteiger partial charge < -0.3 is 15.8 Å². The van der Waals surface area contributed by atoms with Crippen LogP contribution >= 0.6 is 15.9 Å². The fourth-order valence-corrected chi connectivity index (χ4v) is 1.64. The van der Waals surface area contributed by atoms with Crippen molar-refractivity contribution in [2.75, 3.05) is 5.32 Å². The summed E-state index contributed by atoms with van der Waals surface area (Å²) < 4.78 is 5.36. The average molecular weight is 316 g/mol. The van der Waals surface area contributed by atoms with Crippen LogP contribution in [0.4, 0.5) is 10.6 Å². The molecule has 3 N–H and O–H groups in total. The quantitative estimate of drug-likeness (QED) is 0.830. The van der Waals surface area contributed by atoms with Crippen molar-refractivity contribution in [1.82, 2.24) is 4.98 Å². The van der Waals surface area contributed by atoms with Gasteiger partial charge in [0.2, 0.25) is 0 Å². The predicted molar refractivity (Wildman–Crippen MR) is 69.9 cm³/mol. The first-order valence-electron chi connectivity index (χ1n) is 5.29. The summed E-state index contributed by atoms with van der Waals surface area (Å²) in [4.78, 5) is 26.7. The fourth-order valence-electron chi connectivity index (χ4n) is 1.29. The monoisotopic (exact) mass is 315 g/mol. The lowest BCUT2D eigenvalue weighted by Gasteiger charge is -2.19. The van der Waals surface area contributed by atoms with E-state index in [4.69, 9.17) is 10.5 Å². The number of nitrogens with one attached hydrogen (secondary N) is 1. The van der Waals surface area contributed by atoms with Crippen LogP contribution in [0.1, 0.15) is 13.8 Å². The van der Waals surface area contributed by atoms with Crippen molar-refractivity contribution in [2.24, 2.45) is 11.7 Å². The Kier molecular flexibility index (Phi) is 5.08. The molecule has 0 bridgehead atoms. The molecule has 18 heavy (non-hydrogen) atoms. The molecule has 0 saturated heterocycles. The molecule has 0 aliphatic heterocycles. The van der Waals surface area contributed by atoms with E-state index in [0.717, 1.165) is 0 Å². The predicted octanol–water partition coefficient (Wildman–Crippen LogP) is 1.90.